The number of aromatic nitrogens is 2. The molecule has 0 spiro atoms. The van der Waals surface area contributed by atoms with E-state index < -0.39 is 0 Å². The maximum Gasteiger partial charge on any atom is 0.260 e. The maximum absolute atomic E-state index is 5.96. The van der Waals surface area contributed by atoms with Gasteiger partial charge in [-0.3, -0.25) is 0 Å². The van der Waals surface area contributed by atoms with Gasteiger partial charge >= 0.3 is 0 Å². The van der Waals surface area contributed by atoms with Crippen molar-refractivity contribution in [2.45, 2.75) is 26.2 Å². The normalized spacial score (nSPS) is 10.8. The van der Waals surface area contributed by atoms with Gasteiger partial charge in [-0.25, -0.2) is 0 Å². The first-order valence-corrected chi connectivity index (χ1v) is 6.45. The van der Waals surface area contributed by atoms with Crippen molar-refractivity contribution < 1.29 is 4.52 Å². The lowest BCUT2D eigenvalue weighted by molar-refractivity contribution is 0.421. The molecule has 0 aliphatic heterocycles. The Kier molecular flexibility index (Phi) is 4.09. The molecular weight excluding hydrogens is 273 g/mol. The van der Waals surface area contributed by atoms with Crippen LogP contribution in [0.2, 0.25) is 10.0 Å². The molecule has 2 N–H and O–H groups in total. The zero-order chi connectivity index (χ0) is 13.1. The summed E-state index contributed by atoms with van der Waals surface area (Å²) in [7, 11) is 0. The van der Waals surface area contributed by atoms with Crippen LogP contribution in [0.25, 0.3) is 11.5 Å². The minimum Gasteiger partial charge on any atom is -0.397 e. The first-order valence-electron chi connectivity index (χ1n) is 5.69. The van der Waals surface area contributed by atoms with Gasteiger partial charge in [0, 0.05) is 11.4 Å². The summed E-state index contributed by atoms with van der Waals surface area (Å²) in [6.45, 7) is 2.11. The first-order chi connectivity index (χ1) is 8.61. The number of halogens is 2. The predicted octanol–water partition coefficient (Wildman–Crippen LogP) is 3.97. The Hall–Kier alpha value is -1.26. The minimum absolute atomic E-state index is 0.350. The predicted molar refractivity (Wildman–Crippen MR) is 72.8 cm³/mol. The number of nitrogen functional groups attached to an aromatic ring is 1. The van der Waals surface area contributed by atoms with Crippen LogP contribution >= 0.6 is 23.2 Å². The summed E-state index contributed by atoms with van der Waals surface area (Å²) >= 11 is 11.9. The average Bonchev–Trinajstić information content (AvgIpc) is 2.79. The average molecular weight is 286 g/mol. The second-order valence-electron chi connectivity index (χ2n) is 3.97. The van der Waals surface area contributed by atoms with Gasteiger partial charge in [-0.15, -0.1) is 0 Å². The highest BCUT2D eigenvalue weighted by molar-refractivity contribution is 6.37. The molecule has 2 rings (SSSR count). The number of nitrogens with two attached hydrogens (primary N) is 1. The van der Waals surface area contributed by atoms with Crippen LogP contribution in [-0.2, 0) is 6.42 Å². The van der Waals surface area contributed by atoms with E-state index >= 15 is 0 Å². The van der Waals surface area contributed by atoms with Gasteiger partial charge in [0.15, 0.2) is 5.82 Å². The third-order valence-corrected chi connectivity index (χ3v) is 3.08. The molecule has 0 aliphatic rings. The van der Waals surface area contributed by atoms with E-state index in [-0.39, 0.29) is 0 Å². The molecule has 4 nitrogen and oxygen atoms in total. The lowest BCUT2D eigenvalue weighted by Crippen LogP contribution is -1.92. The van der Waals surface area contributed by atoms with E-state index in [1.54, 1.807) is 12.1 Å². The molecule has 0 saturated carbocycles. The van der Waals surface area contributed by atoms with Gasteiger partial charge in [0.05, 0.1) is 16.3 Å². The second kappa shape index (κ2) is 5.59. The summed E-state index contributed by atoms with van der Waals surface area (Å²) in [6.07, 6.45) is 2.88. The number of rotatable bonds is 4. The Morgan fingerprint density at radius 3 is 2.83 bits per heavy atom. The van der Waals surface area contributed by atoms with Crippen LogP contribution in [0.15, 0.2) is 16.7 Å². The third kappa shape index (κ3) is 2.76. The quantitative estimate of drug-likeness (QED) is 0.864. The molecule has 18 heavy (non-hydrogen) atoms. The zero-order valence-corrected chi connectivity index (χ0v) is 11.4. The lowest BCUT2D eigenvalue weighted by atomic mass is 10.2. The summed E-state index contributed by atoms with van der Waals surface area (Å²) in [5.74, 6) is 1.02. The van der Waals surface area contributed by atoms with Gasteiger partial charge in [0.1, 0.15) is 0 Å². The van der Waals surface area contributed by atoms with Gasteiger partial charge in [-0.05, 0) is 18.6 Å². The highest BCUT2D eigenvalue weighted by Gasteiger charge is 2.14. The summed E-state index contributed by atoms with van der Waals surface area (Å²) in [4.78, 5) is 4.29. The number of nitrogens with zero attached hydrogens (tertiary/aromatic N) is 2. The van der Waals surface area contributed by atoms with Crippen molar-refractivity contribution in [1.82, 2.24) is 10.1 Å². The fourth-order valence-corrected chi connectivity index (χ4v) is 2.05. The summed E-state index contributed by atoms with van der Waals surface area (Å²) in [5.41, 5.74) is 6.84. The smallest absolute Gasteiger partial charge is 0.260 e. The summed E-state index contributed by atoms with van der Waals surface area (Å²) in [6, 6.07) is 3.25. The molecular formula is C12H13Cl2N3O. The van der Waals surface area contributed by atoms with Crippen LogP contribution in [0.5, 0.6) is 0 Å². The van der Waals surface area contributed by atoms with Crippen molar-refractivity contribution in [3.8, 4) is 11.5 Å². The summed E-state index contributed by atoms with van der Waals surface area (Å²) < 4.78 is 5.18. The number of hydrogen-bond donors (Lipinski definition) is 1. The lowest BCUT2D eigenvalue weighted by Gasteiger charge is -2.03. The van der Waals surface area contributed by atoms with Crippen LogP contribution in [0.3, 0.4) is 0 Å². The minimum atomic E-state index is 0.350. The van der Waals surface area contributed by atoms with E-state index in [9.17, 15) is 0 Å². The maximum atomic E-state index is 5.96. The van der Waals surface area contributed by atoms with E-state index in [2.05, 4.69) is 17.1 Å². The van der Waals surface area contributed by atoms with Crippen molar-refractivity contribution in [2.24, 2.45) is 0 Å². The van der Waals surface area contributed by atoms with Crippen LogP contribution in [-0.4, -0.2) is 10.1 Å². The zero-order valence-electron chi connectivity index (χ0n) is 9.91. The first kappa shape index (κ1) is 13.2. The van der Waals surface area contributed by atoms with E-state index in [1.165, 1.54) is 0 Å². The molecule has 0 bridgehead atoms. The van der Waals surface area contributed by atoms with Crippen molar-refractivity contribution in [3.05, 3.63) is 28.0 Å². The molecule has 0 atom stereocenters. The highest BCUT2D eigenvalue weighted by Crippen LogP contribution is 2.33. The highest BCUT2D eigenvalue weighted by atomic mass is 35.5. The molecule has 0 radical (unpaired) electrons. The second-order valence-corrected chi connectivity index (χ2v) is 4.81. The SMILES string of the molecule is CCCCc1noc(-c2cc(Cl)cc(Cl)c2N)n1. The van der Waals surface area contributed by atoms with Gasteiger partial charge in [0.2, 0.25) is 0 Å². The van der Waals surface area contributed by atoms with E-state index in [4.69, 9.17) is 33.5 Å². The molecule has 0 unspecified atom stereocenters. The van der Waals surface area contributed by atoms with Crippen LogP contribution in [0, 0.1) is 0 Å². The fourth-order valence-electron chi connectivity index (χ4n) is 1.56. The molecule has 0 fully saturated rings. The molecule has 6 heteroatoms. The van der Waals surface area contributed by atoms with Crippen molar-refractivity contribution >= 4 is 28.9 Å². The number of aryl methyl sites for hydroxylation is 1. The fraction of sp³-hybridized carbons (Fsp3) is 0.333. The van der Waals surface area contributed by atoms with Crippen LogP contribution in [0.4, 0.5) is 5.69 Å². The largest absolute Gasteiger partial charge is 0.397 e. The molecule has 0 saturated heterocycles. The third-order valence-electron chi connectivity index (χ3n) is 2.55. The van der Waals surface area contributed by atoms with Crippen LogP contribution < -0.4 is 5.73 Å². The molecule has 1 aromatic carbocycles. The molecule has 1 aromatic heterocycles. The Bertz CT molecular complexity index is 554. The van der Waals surface area contributed by atoms with Crippen molar-refractivity contribution in [3.63, 3.8) is 0 Å². The Balaban J connectivity index is 2.34. The summed E-state index contributed by atoms with van der Waals surface area (Å²) in [5, 5.41) is 4.77. The van der Waals surface area contributed by atoms with Gasteiger partial charge in [-0.2, -0.15) is 4.98 Å². The number of benzene rings is 1. The molecule has 2 aromatic rings. The standard InChI is InChI=1S/C12H13Cl2N3O/c1-2-3-4-10-16-12(18-17-10)8-5-7(13)6-9(14)11(8)15/h5-6H,2-4,15H2,1H3. The molecule has 0 amide bonds. The van der Waals surface area contributed by atoms with E-state index in [1.807, 2.05) is 0 Å². The number of unbranched alkanes of at least 4 members (excludes halogenated alkanes) is 1. The van der Waals surface area contributed by atoms with Crippen molar-refractivity contribution in [1.29, 1.82) is 0 Å². The van der Waals surface area contributed by atoms with Gasteiger partial charge < -0.3 is 10.3 Å². The van der Waals surface area contributed by atoms with Gasteiger partial charge in [-0.1, -0.05) is 41.7 Å². The molecule has 1 heterocycles. The Morgan fingerprint density at radius 2 is 2.11 bits per heavy atom. The van der Waals surface area contributed by atoms with E-state index in [0.29, 0.717) is 33.0 Å². The number of anilines is 1. The topological polar surface area (TPSA) is 64.9 Å². The Labute approximate surface area is 115 Å². The van der Waals surface area contributed by atoms with Crippen molar-refractivity contribution in [2.75, 3.05) is 5.73 Å². The van der Waals surface area contributed by atoms with Gasteiger partial charge in [0.25, 0.3) is 5.89 Å². The molecule has 0 aliphatic carbocycles. The molecule has 96 valence electrons. The van der Waals surface area contributed by atoms with E-state index in [0.717, 1.165) is 19.3 Å². The monoisotopic (exact) mass is 285 g/mol. The Morgan fingerprint density at radius 1 is 1.33 bits per heavy atom. The van der Waals surface area contributed by atoms with Crippen LogP contribution in [0.1, 0.15) is 25.6 Å². The number of hydrogen-bond acceptors (Lipinski definition) is 4.